The molecule has 7 heteroatoms. The van der Waals surface area contributed by atoms with Crippen molar-refractivity contribution in [2.45, 2.75) is 19.9 Å². The van der Waals surface area contributed by atoms with Gasteiger partial charge in [-0.2, -0.15) is 0 Å². The van der Waals surface area contributed by atoms with E-state index in [2.05, 4.69) is 9.88 Å². The molecule has 1 aromatic heterocycles. The van der Waals surface area contributed by atoms with Gasteiger partial charge in [0.25, 0.3) is 0 Å². The molecule has 18 heavy (non-hydrogen) atoms. The molecule has 0 spiro atoms. The monoisotopic (exact) mass is 254 g/mol. The number of aryl methyl sites for hydroxylation is 1. The van der Waals surface area contributed by atoms with Crippen LogP contribution in [0.2, 0.25) is 0 Å². The van der Waals surface area contributed by atoms with E-state index in [1.165, 1.54) is 6.20 Å². The van der Waals surface area contributed by atoms with Crippen LogP contribution in [0.4, 0.5) is 5.82 Å². The van der Waals surface area contributed by atoms with Gasteiger partial charge in [0.05, 0.1) is 0 Å². The predicted octanol–water partition coefficient (Wildman–Crippen LogP) is 0.414. The summed E-state index contributed by atoms with van der Waals surface area (Å²) in [7, 11) is 0. The Hall–Kier alpha value is -1.47. The Morgan fingerprint density at radius 1 is 1.61 bits per heavy atom. The molecule has 2 heterocycles. The third-order valence-corrected chi connectivity index (χ3v) is 3.49. The standard InChI is InChI=1S/C11H18N4O3/c1-9-12-6-11(15(17)18)14(9)5-4-13-3-2-10(7-13)8-16/h6,10,16H,2-5,7-8H2,1H3. The minimum Gasteiger partial charge on any atom is -0.396 e. The van der Waals surface area contributed by atoms with Gasteiger partial charge in [-0.3, -0.25) is 4.90 Å². The van der Waals surface area contributed by atoms with Crippen molar-refractivity contribution in [1.29, 1.82) is 0 Å². The number of nitrogens with zero attached hydrogens (tertiary/aromatic N) is 4. The molecule has 100 valence electrons. The van der Waals surface area contributed by atoms with Gasteiger partial charge in [0.2, 0.25) is 0 Å². The molecule has 0 bridgehead atoms. The van der Waals surface area contributed by atoms with Gasteiger partial charge in [-0.15, -0.1) is 0 Å². The van der Waals surface area contributed by atoms with Crippen LogP contribution in [0.1, 0.15) is 12.2 Å². The smallest absolute Gasteiger partial charge is 0.342 e. The van der Waals surface area contributed by atoms with Gasteiger partial charge in [0.1, 0.15) is 12.7 Å². The molecule has 1 aliphatic rings. The predicted molar refractivity (Wildman–Crippen MR) is 65.3 cm³/mol. The van der Waals surface area contributed by atoms with Crippen LogP contribution >= 0.6 is 0 Å². The Morgan fingerprint density at radius 3 is 3.00 bits per heavy atom. The third kappa shape index (κ3) is 2.68. The van der Waals surface area contributed by atoms with Crippen LogP contribution < -0.4 is 0 Å². The molecule has 1 atom stereocenters. The lowest BCUT2D eigenvalue weighted by Crippen LogP contribution is -2.26. The summed E-state index contributed by atoms with van der Waals surface area (Å²) in [5, 5.41) is 19.9. The molecule has 1 unspecified atom stereocenters. The van der Waals surface area contributed by atoms with Crippen LogP contribution in [0.5, 0.6) is 0 Å². The fourth-order valence-electron chi connectivity index (χ4n) is 2.38. The largest absolute Gasteiger partial charge is 0.396 e. The highest BCUT2D eigenvalue weighted by molar-refractivity contribution is 5.18. The average molecular weight is 254 g/mol. The van der Waals surface area contributed by atoms with Gasteiger partial charge < -0.3 is 15.2 Å². The molecule has 0 aromatic carbocycles. The van der Waals surface area contributed by atoms with Crippen molar-refractivity contribution < 1.29 is 10.0 Å². The zero-order chi connectivity index (χ0) is 13.1. The zero-order valence-corrected chi connectivity index (χ0v) is 10.4. The van der Waals surface area contributed by atoms with Gasteiger partial charge in [-0.1, -0.05) is 0 Å². The number of imidazole rings is 1. The second-order valence-corrected chi connectivity index (χ2v) is 4.71. The summed E-state index contributed by atoms with van der Waals surface area (Å²) in [5.74, 6) is 1.06. The highest BCUT2D eigenvalue weighted by Gasteiger charge is 2.23. The van der Waals surface area contributed by atoms with E-state index in [1.807, 2.05) is 0 Å². The Morgan fingerprint density at radius 2 is 2.39 bits per heavy atom. The number of aliphatic hydroxyl groups excluding tert-OH is 1. The summed E-state index contributed by atoms with van der Waals surface area (Å²) in [5.41, 5.74) is 0. The molecule has 0 saturated carbocycles. The van der Waals surface area contributed by atoms with Crippen LogP contribution in [-0.4, -0.2) is 50.7 Å². The fourth-order valence-corrected chi connectivity index (χ4v) is 2.38. The van der Waals surface area contributed by atoms with Crippen molar-refractivity contribution in [2.24, 2.45) is 5.92 Å². The Labute approximate surface area is 105 Å². The molecule has 2 rings (SSSR count). The second-order valence-electron chi connectivity index (χ2n) is 4.71. The lowest BCUT2D eigenvalue weighted by Gasteiger charge is -2.14. The van der Waals surface area contributed by atoms with Gasteiger partial charge in [-0.05, 0) is 23.8 Å². The van der Waals surface area contributed by atoms with Gasteiger partial charge in [0.15, 0.2) is 5.82 Å². The van der Waals surface area contributed by atoms with Crippen LogP contribution in [-0.2, 0) is 6.54 Å². The van der Waals surface area contributed by atoms with E-state index in [0.717, 1.165) is 26.1 Å². The molecule has 0 aliphatic carbocycles. The summed E-state index contributed by atoms with van der Waals surface area (Å²) < 4.78 is 1.63. The summed E-state index contributed by atoms with van der Waals surface area (Å²) in [6.45, 7) is 5.15. The van der Waals surface area contributed by atoms with Crippen LogP contribution in [0.3, 0.4) is 0 Å². The second kappa shape index (κ2) is 5.45. The number of aromatic nitrogens is 2. The first kappa shape index (κ1) is 13.0. The van der Waals surface area contributed by atoms with E-state index in [0.29, 0.717) is 18.3 Å². The highest BCUT2D eigenvalue weighted by Crippen LogP contribution is 2.17. The molecule has 0 amide bonds. The Balaban J connectivity index is 1.94. The first-order chi connectivity index (χ1) is 8.61. The van der Waals surface area contributed by atoms with E-state index in [-0.39, 0.29) is 12.4 Å². The lowest BCUT2D eigenvalue weighted by atomic mass is 10.1. The molecule has 1 fully saturated rings. The maximum absolute atomic E-state index is 10.8. The Bertz CT molecular complexity index is 432. The molecule has 1 aliphatic heterocycles. The SMILES string of the molecule is Cc1ncc([N+](=O)[O-])n1CCN1CCC(CO)C1. The summed E-state index contributed by atoms with van der Waals surface area (Å²) in [4.78, 5) is 16.6. The zero-order valence-electron chi connectivity index (χ0n) is 10.4. The number of hydrogen-bond donors (Lipinski definition) is 1. The van der Waals surface area contributed by atoms with Crippen LogP contribution in [0.15, 0.2) is 6.20 Å². The topological polar surface area (TPSA) is 84.4 Å². The lowest BCUT2D eigenvalue weighted by molar-refractivity contribution is -0.392. The van der Waals surface area contributed by atoms with Crippen molar-refractivity contribution in [2.75, 3.05) is 26.2 Å². The number of hydrogen-bond acceptors (Lipinski definition) is 5. The van der Waals surface area contributed by atoms with E-state index >= 15 is 0 Å². The normalized spacial score (nSPS) is 20.4. The fraction of sp³-hybridized carbons (Fsp3) is 0.727. The maximum Gasteiger partial charge on any atom is 0.342 e. The minimum atomic E-state index is -0.402. The van der Waals surface area contributed by atoms with Gasteiger partial charge in [0, 0.05) is 26.6 Å². The van der Waals surface area contributed by atoms with Gasteiger partial charge >= 0.3 is 5.82 Å². The third-order valence-electron chi connectivity index (χ3n) is 3.49. The summed E-state index contributed by atoms with van der Waals surface area (Å²) in [6.07, 6.45) is 2.30. The summed E-state index contributed by atoms with van der Waals surface area (Å²) in [6, 6.07) is 0. The Kier molecular flexibility index (Phi) is 3.93. The first-order valence-corrected chi connectivity index (χ1v) is 6.11. The molecule has 1 saturated heterocycles. The van der Waals surface area contributed by atoms with E-state index < -0.39 is 4.92 Å². The quantitative estimate of drug-likeness (QED) is 0.608. The molecule has 1 aromatic rings. The number of nitro groups is 1. The van der Waals surface area contributed by atoms with Gasteiger partial charge in [-0.25, -0.2) is 9.55 Å². The van der Waals surface area contributed by atoms with E-state index in [9.17, 15) is 10.1 Å². The summed E-state index contributed by atoms with van der Waals surface area (Å²) >= 11 is 0. The van der Waals surface area contributed by atoms with E-state index in [1.54, 1.807) is 11.5 Å². The first-order valence-electron chi connectivity index (χ1n) is 6.11. The highest BCUT2D eigenvalue weighted by atomic mass is 16.6. The van der Waals surface area contributed by atoms with Crippen molar-refractivity contribution in [3.05, 3.63) is 22.1 Å². The molecule has 1 N–H and O–H groups in total. The number of rotatable bonds is 5. The van der Waals surface area contributed by atoms with Crippen molar-refractivity contribution in [3.8, 4) is 0 Å². The molecular weight excluding hydrogens is 236 g/mol. The number of likely N-dealkylation sites (tertiary alicyclic amines) is 1. The number of aliphatic hydroxyl groups is 1. The van der Waals surface area contributed by atoms with E-state index in [4.69, 9.17) is 5.11 Å². The van der Waals surface area contributed by atoms with Crippen molar-refractivity contribution in [1.82, 2.24) is 14.5 Å². The maximum atomic E-state index is 10.8. The van der Waals surface area contributed by atoms with Crippen LogP contribution in [0, 0.1) is 23.0 Å². The average Bonchev–Trinajstić information content (AvgIpc) is 2.93. The molecule has 0 radical (unpaired) electrons. The minimum absolute atomic E-state index is 0.0467. The molecule has 7 nitrogen and oxygen atoms in total. The van der Waals surface area contributed by atoms with Crippen LogP contribution in [0.25, 0.3) is 0 Å². The molecular formula is C11H18N4O3. The van der Waals surface area contributed by atoms with Crippen molar-refractivity contribution in [3.63, 3.8) is 0 Å². The van der Waals surface area contributed by atoms with Crippen molar-refractivity contribution >= 4 is 5.82 Å².